The van der Waals surface area contributed by atoms with E-state index in [1.165, 1.54) is 11.3 Å². The number of benzene rings is 1. The molecule has 10 nitrogen and oxygen atoms in total. The monoisotopic (exact) mass is 439 g/mol. The van der Waals surface area contributed by atoms with Crippen LogP contribution in [0.5, 0.6) is 11.5 Å². The van der Waals surface area contributed by atoms with Crippen LogP contribution in [0.15, 0.2) is 40.6 Å². The van der Waals surface area contributed by atoms with Gasteiger partial charge in [0.05, 0.1) is 14.2 Å². The number of aromatic nitrogens is 2. The standard InChI is InChI=1S/C22H29N7O3/c1-23-15-26-28(2)22-24-10-9-20(27-22)29-11-5-6-17(29)13-21(30)25-14-16-7-8-18(31-3)19(12-16)32-4/h7-10,12,15,17H,1,5-6,11,13-14H2,2-4H3,(H,25,30)/b26-15-/t17-/m1/s1. The van der Waals surface area contributed by atoms with Crippen molar-refractivity contribution in [2.75, 3.05) is 37.7 Å². The predicted molar refractivity (Wildman–Crippen MR) is 125 cm³/mol. The van der Waals surface area contributed by atoms with Crippen molar-refractivity contribution in [3.8, 4) is 11.5 Å². The highest BCUT2D eigenvalue weighted by molar-refractivity contribution is 5.77. The van der Waals surface area contributed by atoms with Crippen LogP contribution in [0.2, 0.25) is 0 Å². The van der Waals surface area contributed by atoms with E-state index in [9.17, 15) is 4.79 Å². The van der Waals surface area contributed by atoms with E-state index < -0.39 is 0 Å². The van der Waals surface area contributed by atoms with Gasteiger partial charge in [0.1, 0.15) is 12.2 Å². The molecule has 0 bridgehead atoms. The van der Waals surface area contributed by atoms with Gasteiger partial charge in [-0.1, -0.05) is 6.07 Å². The number of rotatable bonds is 10. The van der Waals surface area contributed by atoms with Gasteiger partial charge in [0.25, 0.3) is 0 Å². The average Bonchev–Trinajstić information content (AvgIpc) is 3.29. The van der Waals surface area contributed by atoms with Crippen molar-refractivity contribution in [2.24, 2.45) is 10.1 Å². The normalized spacial score (nSPS) is 15.6. The van der Waals surface area contributed by atoms with Crippen LogP contribution in [0.3, 0.4) is 0 Å². The van der Waals surface area contributed by atoms with Crippen LogP contribution in [-0.2, 0) is 11.3 Å². The lowest BCUT2D eigenvalue weighted by atomic mass is 10.1. The zero-order valence-electron chi connectivity index (χ0n) is 18.7. The van der Waals surface area contributed by atoms with E-state index in [1.54, 1.807) is 27.5 Å². The first-order chi connectivity index (χ1) is 15.5. The summed E-state index contributed by atoms with van der Waals surface area (Å²) < 4.78 is 10.6. The van der Waals surface area contributed by atoms with Crippen molar-refractivity contribution in [3.63, 3.8) is 0 Å². The summed E-state index contributed by atoms with van der Waals surface area (Å²) in [6, 6.07) is 7.54. The molecule has 1 aliphatic rings. The number of carbonyl (C=O) groups is 1. The number of methoxy groups -OCH3 is 2. The molecule has 1 saturated heterocycles. The fourth-order valence-corrected chi connectivity index (χ4v) is 3.65. The fraction of sp³-hybridized carbons (Fsp3) is 0.409. The van der Waals surface area contributed by atoms with Gasteiger partial charge in [-0.2, -0.15) is 10.1 Å². The second-order valence-corrected chi connectivity index (χ2v) is 7.31. The van der Waals surface area contributed by atoms with Crippen molar-refractivity contribution in [2.45, 2.75) is 31.8 Å². The molecular formula is C22H29N7O3. The lowest BCUT2D eigenvalue weighted by Crippen LogP contribution is -2.35. The highest BCUT2D eigenvalue weighted by Crippen LogP contribution is 2.28. The van der Waals surface area contributed by atoms with Crippen LogP contribution in [0, 0.1) is 0 Å². The SMILES string of the molecule is C=N/C=N\N(C)c1nccc(N2CCC[C@@H]2CC(=O)NCc2ccc(OC)c(OC)c2)n1. The zero-order chi connectivity index (χ0) is 22.9. The Bertz CT molecular complexity index is 966. The Morgan fingerprint density at radius 3 is 2.91 bits per heavy atom. The predicted octanol–water partition coefficient (Wildman–Crippen LogP) is 2.25. The van der Waals surface area contributed by atoms with Gasteiger partial charge in [0, 0.05) is 38.8 Å². The number of hydrazone groups is 1. The van der Waals surface area contributed by atoms with Crippen LogP contribution in [0.1, 0.15) is 24.8 Å². The molecule has 32 heavy (non-hydrogen) atoms. The second-order valence-electron chi connectivity index (χ2n) is 7.31. The Labute approximate surface area is 188 Å². The molecule has 1 N–H and O–H groups in total. The molecule has 1 aromatic heterocycles. The van der Waals surface area contributed by atoms with Gasteiger partial charge in [-0.3, -0.25) is 9.79 Å². The topological polar surface area (TPSA) is 105 Å². The fourth-order valence-electron chi connectivity index (χ4n) is 3.65. The Morgan fingerprint density at radius 2 is 2.16 bits per heavy atom. The van der Waals surface area contributed by atoms with Crippen molar-refractivity contribution in [1.29, 1.82) is 0 Å². The third-order valence-corrected chi connectivity index (χ3v) is 5.25. The number of anilines is 2. The summed E-state index contributed by atoms with van der Waals surface area (Å²) in [7, 11) is 4.93. The lowest BCUT2D eigenvalue weighted by molar-refractivity contribution is -0.121. The molecule has 1 amide bonds. The van der Waals surface area contributed by atoms with E-state index in [0.29, 0.717) is 30.4 Å². The first kappa shape index (κ1) is 23.0. The smallest absolute Gasteiger partial charge is 0.247 e. The Kier molecular flexibility index (Phi) is 7.96. The van der Waals surface area contributed by atoms with Crippen molar-refractivity contribution >= 4 is 30.7 Å². The van der Waals surface area contributed by atoms with Crippen molar-refractivity contribution < 1.29 is 14.3 Å². The van der Waals surface area contributed by atoms with Gasteiger partial charge < -0.3 is 19.7 Å². The van der Waals surface area contributed by atoms with Crippen LogP contribution in [0.25, 0.3) is 0 Å². The third-order valence-electron chi connectivity index (χ3n) is 5.25. The molecule has 10 heteroatoms. The number of hydrogen-bond acceptors (Lipinski definition) is 8. The van der Waals surface area contributed by atoms with Gasteiger partial charge >= 0.3 is 0 Å². The summed E-state index contributed by atoms with van der Waals surface area (Å²) in [5.74, 6) is 2.51. The van der Waals surface area contributed by atoms with E-state index in [0.717, 1.165) is 30.8 Å². The first-order valence-electron chi connectivity index (χ1n) is 10.3. The first-order valence-corrected chi connectivity index (χ1v) is 10.3. The van der Waals surface area contributed by atoms with Crippen molar-refractivity contribution in [1.82, 2.24) is 15.3 Å². The largest absolute Gasteiger partial charge is 0.493 e. The Balaban J connectivity index is 1.61. The molecule has 170 valence electrons. The minimum atomic E-state index is -0.00950. The molecule has 1 atom stereocenters. The summed E-state index contributed by atoms with van der Waals surface area (Å²) >= 11 is 0. The minimum absolute atomic E-state index is 0.00950. The maximum absolute atomic E-state index is 12.7. The summed E-state index contributed by atoms with van der Waals surface area (Å²) in [4.78, 5) is 27.3. The molecule has 0 aliphatic carbocycles. The molecular weight excluding hydrogens is 410 g/mol. The third kappa shape index (κ3) is 5.71. The molecule has 0 unspecified atom stereocenters. The molecule has 0 radical (unpaired) electrons. The minimum Gasteiger partial charge on any atom is -0.493 e. The Morgan fingerprint density at radius 1 is 1.34 bits per heavy atom. The zero-order valence-corrected chi connectivity index (χ0v) is 18.7. The number of hydrogen-bond donors (Lipinski definition) is 1. The Hall–Kier alpha value is -3.69. The van der Waals surface area contributed by atoms with Gasteiger partial charge in [0.15, 0.2) is 11.5 Å². The lowest BCUT2D eigenvalue weighted by Gasteiger charge is -2.26. The van der Waals surface area contributed by atoms with Crippen LogP contribution >= 0.6 is 0 Å². The summed E-state index contributed by atoms with van der Waals surface area (Å²) in [5.41, 5.74) is 0.942. The molecule has 0 spiro atoms. The number of nitrogens with zero attached hydrogens (tertiary/aromatic N) is 6. The van der Waals surface area contributed by atoms with Gasteiger partial charge in [-0.05, 0) is 43.3 Å². The van der Waals surface area contributed by atoms with Crippen LogP contribution in [0.4, 0.5) is 11.8 Å². The summed E-state index contributed by atoms with van der Waals surface area (Å²) in [5, 5.41) is 8.61. The number of aliphatic imine (C=N–C) groups is 1. The average molecular weight is 440 g/mol. The van der Waals surface area contributed by atoms with Crippen LogP contribution in [-0.4, -0.2) is 62.8 Å². The van der Waals surface area contributed by atoms with E-state index in [-0.39, 0.29) is 11.9 Å². The number of amides is 1. The van der Waals surface area contributed by atoms with E-state index in [2.05, 4.69) is 37.0 Å². The van der Waals surface area contributed by atoms with E-state index in [4.69, 9.17) is 9.47 Å². The maximum Gasteiger partial charge on any atom is 0.247 e. The van der Waals surface area contributed by atoms with Gasteiger partial charge in [-0.15, -0.1) is 0 Å². The molecule has 2 heterocycles. The van der Waals surface area contributed by atoms with Crippen LogP contribution < -0.4 is 24.7 Å². The molecule has 1 aliphatic heterocycles. The number of ether oxygens (including phenoxy) is 2. The summed E-state index contributed by atoms with van der Waals surface area (Å²) in [6.45, 7) is 4.63. The molecule has 1 fully saturated rings. The molecule has 1 aromatic carbocycles. The maximum atomic E-state index is 12.7. The highest BCUT2D eigenvalue weighted by Gasteiger charge is 2.28. The quantitative estimate of drug-likeness (QED) is 0.344. The second kappa shape index (κ2) is 11.1. The highest BCUT2D eigenvalue weighted by atomic mass is 16.5. The van der Waals surface area contributed by atoms with E-state index >= 15 is 0 Å². The molecule has 2 aromatic rings. The van der Waals surface area contributed by atoms with Crippen molar-refractivity contribution in [3.05, 3.63) is 36.0 Å². The number of carbonyl (C=O) groups excluding carboxylic acids is 1. The van der Waals surface area contributed by atoms with Gasteiger partial charge in [0.2, 0.25) is 11.9 Å². The summed E-state index contributed by atoms with van der Waals surface area (Å²) in [6.07, 6.45) is 5.34. The molecule has 3 rings (SSSR count). The molecule has 0 saturated carbocycles. The number of nitrogens with one attached hydrogen (secondary N) is 1. The van der Waals surface area contributed by atoms with E-state index in [1.807, 2.05) is 24.3 Å². The van der Waals surface area contributed by atoms with Gasteiger partial charge in [-0.25, -0.2) is 9.99 Å².